The molecule has 0 aromatic rings. The highest BCUT2D eigenvalue weighted by molar-refractivity contribution is 7.47. The van der Waals surface area contributed by atoms with Crippen LogP contribution < -0.4 is 0 Å². The van der Waals surface area contributed by atoms with E-state index in [-0.39, 0.29) is 25.7 Å². The van der Waals surface area contributed by atoms with Gasteiger partial charge in [-0.2, -0.15) is 0 Å². The topological polar surface area (TPSA) is 237 Å². The first-order valence-corrected chi connectivity index (χ1v) is 45.0. The molecule has 0 rings (SSSR count). The minimum Gasteiger partial charge on any atom is -0.462 e. The summed E-state index contributed by atoms with van der Waals surface area (Å²) >= 11 is 0. The largest absolute Gasteiger partial charge is 0.472 e. The van der Waals surface area contributed by atoms with Crippen molar-refractivity contribution < 1.29 is 80.2 Å². The van der Waals surface area contributed by atoms with E-state index in [1.807, 2.05) is 0 Å². The van der Waals surface area contributed by atoms with Crippen LogP contribution in [-0.2, 0) is 65.4 Å². The molecule has 0 aliphatic heterocycles. The van der Waals surface area contributed by atoms with E-state index in [4.69, 9.17) is 37.0 Å². The number of aliphatic hydroxyl groups is 1. The second kappa shape index (κ2) is 72.6. The zero-order chi connectivity index (χ0) is 73.5. The van der Waals surface area contributed by atoms with Crippen molar-refractivity contribution in [1.29, 1.82) is 0 Å². The Morgan fingerprint density at radius 1 is 0.270 bits per heavy atom. The Kier molecular flexibility index (Phi) is 71.2. The average molecular weight is 1470 g/mol. The lowest BCUT2D eigenvalue weighted by Gasteiger charge is -2.21. The van der Waals surface area contributed by atoms with E-state index >= 15 is 0 Å². The molecule has 0 bridgehead atoms. The first kappa shape index (κ1) is 98.1. The fourth-order valence-electron chi connectivity index (χ4n) is 12.5. The second-order valence-corrected chi connectivity index (χ2v) is 33.0. The summed E-state index contributed by atoms with van der Waals surface area (Å²) in [6.45, 7) is 9.65. The van der Waals surface area contributed by atoms with Crippen molar-refractivity contribution in [3.8, 4) is 0 Å². The summed E-state index contributed by atoms with van der Waals surface area (Å²) in [5, 5.41) is 10.6. The van der Waals surface area contributed by atoms with Crippen LogP contribution in [0.1, 0.15) is 427 Å². The van der Waals surface area contributed by atoms with Gasteiger partial charge in [0.1, 0.15) is 19.3 Å². The van der Waals surface area contributed by atoms with Gasteiger partial charge in [-0.25, -0.2) is 9.13 Å². The maximum atomic E-state index is 13.1. The van der Waals surface area contributed by atoms with Crippen molar-refractivity contribution in [2.24, 2.45) is 11.8 Å². The SMILES string of the molecule is CCCCCCCCCCCCCCCCCCCCCC(=O)O[C@H](COC(=O)CCCCCCCCCCCCCCCCCC(C)C)COP(=O)(O)OC[C@@H](O)COP(=O)(O)OC[C@@H](COC(=O)CCCCCCCCCC)OC(=O)CCCCCCCCCCCCCCC(C)C. The quantitative estimate of drug-likeness (QED) is 0.0222. The van der Waals surface area contributed by atoms with Crippen LogP contribution in [-0.4, -0.2) is 96.7 Å². The molecule has 0 aliphatic carbocycles. The maximum absolute atomic E-state index is 13.1. The van der Waals surface area contributed by atoms with Gasteiger partial charge in [-0.3, -0.25) is 37.3 Å². The molecular weight excluding hydrogens is 1310 g/mol. The second-order valence-electron chi connectivity index (χ2n) is 30.1. The summed E-state index contributed by atoms with van der Waals surface area (Å²) < 4.78 is 68.7. The molecule has 0 aliphatic rings. The Labute approximate surface area is 613 Å². The van der Waals surface area contributed by atoms with Crippen LogP contribution in [0.15, 0.2) is 0 Å². The van der Waals surface area contributed by atoms with Crippen molar-refractivity contribution in [3.05, 3.63) is 0 Å². The lowest BCUT2D eigenvalue weighted by Crippen LogP contribution is -2.30. The number of hydrogen-bond donors (Lipinski definition) is 3. The van der Waals surface area contributed by atoms with Crippen molar-refractivity contribution in [1.82, 2.24) is 0 Å². The summed E-state index contributed by atoms with van der Waals surface area (Å²) in [5.41, 5.74) is 0. The third-order valence-electron chi connectivity index (χ3n) is 19.0. The van der Waals surface area contributed by atoms with E-state index in [9.17, 15) is 43.2 Å². The van der Waals surface area contributed by atoms with Gasteiger partial charge in [0.05, 0.1) is 26.4 Å². The zero-order valence-electron chi connectivity index (χ0n) is 65.5. The summed E-state index contributed by atoms with van der Waals surface area (Å²) in [6.07, 6.45) is 62.5. The normalized spacial score (nSPS) is 13.9. The molecule has 0 radical (unpaired) electrons. The number of phosphoric acid groups is 2. The Hall–Kier alpha value is -1.94. The zero-order valence-corrected chi connectivity index (χ0v) is 67.3. The molecule has 0 aromatic heterocycles. The van der Waals surface area contributed by atoms with Gasteiger partial charge >= 0.3 is 39.5 Å². The highest BCUT2D eigenvalue weighted by Crippen LogP contribution is 2.45. The van der Waals surface area contributed by atoms with Crippen LogP contribution in [0.25, 0.3) is 0 Å². The van der Waals surface area contributed by atoms with E-state index in [1.54, 1.807) is 0 Å². The minimum absolute atomic E-state index is 0.107. The number of hydrogen-bond acceptors (Lipinski definition) is 15. The number of unbranched alkanes of at least 4 members (excludes halogenated alkanes) is 50. The van der Waals surface area contributed by atoms with Gasteiger partial charge in [-0.05, 0) is 37.5 Å². The third kappa shape index (κ3) is 74.3. The lowest BCUT2D eigenvalue weighted by molar-refractivity contribution is -0.161. The molecule has 3 N–H and O–H groups in total. The summed E-state index contributed by atoms with van der Waals surface area (Å²) in [6, 6.07) is 0. The van der Waals surface area contributed by atoms with Crippen molar-refractivity contribution >= 4 is 39.5 Å². The molecule has 594 valence electrons. The van der Waals surface area contributed by atoms with Crippen molar-refractivity contribution in [2.75, 3.05) is 39.6 Å². The van der Waals surface area contributed by atoms with E-state index in [0.29, 0.717) is 25.7 Å². The molecule has 0 spiro atoms. The molecule has 0 amide bonds. The number of phosphoric ester groups is 2. The van der Waals surface area contributed by atoms with Gasteiger partial charge in [-0.15, -0.1) is 0 Å². The number of aliphatic hydroxyl groups excluding tert-OH is 1. The van der Waals surface area contributed by atoms with Crippen LogP contribution in [0.2, 0.25) is 0 Å². The van der Waals surface area contributed by atoms with E-state index in [2.05, 4.69) is 41.5 Å². The standard InChI is InChI=1S/C81H158O17P2/c1-7-9-11-13-15-17-18-19-20-21-22-23-26-30-36-41-47-53-59-65-80(85)98-77(70-92-79(84)64-58-52-46-40-35-29-27-24-25-28-33-38-43-49-55-61-73(3)4)72-96-100(89,90)94-68-75(82)67-93-99(87,88)95-71-76(69-91-78(83)63-57-51-45-16-14-12-10-8-2)97-81(86)66-60-54-48-42-37-32-31-34-39-44-50-56-62-74(5)6/h73-77,82H,7-72H2,1-6H3,(H,87,88)(H,89,90)/t75-,76+,77+/m0/s1. The molecule has 5 atom stereocenters. The summed E-state index contributed by atoms with van der Waals surface area (Å²) in [7, 11) is -9.92. The van der Waals surface area contributed by atoms with Crippen molar-refractivity contribution in [2.45, 2.75) is 445 Å². The Morgan fingerprint density at radius 2 is 0.460 bits per heavy atom. The maximum Gasteiger partial charge on any atom is 0.472 e. The number of ether oxygens (including phenoxy) is 4. The third-order valence-corrected chi connectivity index (χ3v) is 20.9. The highest BCUT2D eigenvalue weighted by Gasteiger charge is 2.30. The van der Waals surface area contributed by atoms with Crippen LogP contribution in [0.5, 0.6) is 0 Å². The number of esters is 4. The fourth-order valence-corrected chi connectivity index (χ4v) is 14.1. The van der Waals surface area contributed by atoms with E-state index in [0.717, 1.165) is 108 Å². The molecule has 100 heavy (non-hydrogen) atoms. The molecule has 17 nitrogen and oxygen atoms in total. The first-order chi connectivity index (χ1) is 48.4. The van der Waals surface area contributed by atoms with Crippen LogP contribution in [0, 0.1) is 11.8 Å². The summed E-state index contributed by atoms with van der Waals surface area (Å²) in [5.74, 6) is -0.527. The Morgan fingerprint density at radius 3 is 0.680 bits per heavy atom. The molecule has 19 heteroatoms. The summed E-state index contributed by atoms with van der Waals surface area (Å²) in [4.78, 5) is 72.9. The van der Waals surface area contributed by atoms with Gasteiger partial charge in [-0.1, -0.05) is 375 Å². The van der Waals surface area contributed by atoms with E-state index < -0.39 is 97.5 Å². The highest BCUT2D eigenvalue weighted by atomic mass is 31.2. The molecule has 0 saturated heterocycles. The molecule has 0 aromatic carbocycles. The molecule has 0 fully saturated rings. The monoisotopic (exact) mass is 1470 g/mol. The minimum atomic E-state index is -4.96. The predicted octanol–water partition coefficient (Wildman–Crippen LogP) is 24.3. The molecule has 0 saturated carbocycles. The Balaban J connectivity index is 5.20. The van der Waals surface area contributed by atoms with Gasteiger partial charge in [0, 0.05) is 25.7 Å². The van der Waals surface area contributed by atoms with Gasteiger partial charge in [0.25, 0.3) is 0 Å². The van der Waals surface area contributed by atoms with E-state index in [1.165, 1.54) is 238 Å². The average Bonchev–Trinajstić information content (AvgIpc) is 0.911. The van der Waals surface area contributed by atoms with Crippen LogP contribution >= 0.6 is 15.6 Å². The molecule has 0 heterocycles. The van der Waals surface area contributed by atoms with Crippen LogP contribution in [0.4, 0.5) is 0 Å². The smallest absolute Gasteiger partial charge is 0.462 e. The Bertz CT molecular complexity index is 1920. The molecular formula is C81H158O17P2. The fraction of sp³-hybridized carbons (Fsp3) is 0.951. The van der Waals surface area contributed by atoms with Crippen molar-refractivity contribution in [3.63, 3.8) is 0 Å². The van der Waals surface area contributed by atoms with Gasteiger partial charge in [0.2, 0.25) is 0 Å². The first-order valence-electron chi connectivity index (χ1n) is 42.0. The molecule has 2 unspecified atom stereocenters. The predicted molar refractivity (Wildman–Crippen MR) is 409 cm³/mol. The lowest BCUT2D eigenvalue weighted by atomic mass is 10.0. The van der Waals surface area contributed by atoms with Crippen LogP contribution in [0.3, 0.4) is 0 Å². The number of rotatable bonds is 80. The number of carbonyl (C=O) groups is 4. The number of carbonyl (C=O) groups excluding carboxylic acids is 4. The van der Waals surface area contributed by atoms with Gasteiger partial charge < -0.3 is 33.8 Å². The van der Waals surface area contributed by atoms with Gasteiger partial charge in [0.15, 0.2) is 12.2 Å².